The molecule has 0 aliphatic carbocycles. The average molecular weight is 399 g/mol. The van der Waals surface area contributed by atoms with Gasteiger partial charge < -0.3 is 4.74 Å². The maximum absolute atomic E-state index is 12.1. The quantitative estimate of drug-likeness (QED) is 0.202. The van der Waals surface area contributed by atoms with Crippen molar-refractivity contribution in [2.45, 2.75) is 0 Å². The van der Waals surface area contributed by atoms with Crippen LogP contribution in [0.3, 0.4) is 0 Å². The second-order valence-corrected chi connectivity index (χ2v) is 6.96. The van der Waals surface area contributed by atoms with Crippen molar-refractivity contribution in [3.63, 3.8) is 0 Å². The van der Waals surface area contributed by atoms with Crippen molar-refractivity contribution >= 4 is 28.7 Å². The number of benzene rings is 3. The molecule has 0 atom stereocenters. The summed E-state index contributed by atoms with van der Waals surface area (Å²) in [6.07, 6.45) is 1.69. The topological polar surface area (TPSA) is 63.6 Å². The Balaban J connectivity index is 1.34. The maximum atomic E-state index is 12.1. The Bertz CT molecular complexity index is 1110. The summed E-state index contributed by atoms with van der Waals surface area (Å²) in [5.74, 6) is 0.100. The van der Waals surface area contributed by atoms with Crippen LogP contribution in [0.5, 0.6) is 5.75 Å². The number of carbonyl (C=O) groups is 1. The molecule has 6 heteroatoms. The standard InChI is InChI=1S/C23H17N3O2S/c27-22(19-9-5-2-6-10-19)28-20-13-11-17(12-14-20)15-24-26-23-25-21(16-29-23)18-7-3-1-4-8-18/h1-16H,(H,25,26). The number of rotatable bonds is 6. The molecule has 1 heterocycles. The number of aromatic nitrogens is 1. The zero-order valence-electron chi connectivity index (χ0n) is 15.4. The predicted molar refractivity (Wildman–Crippen MR) is 117 cm³/mol. The monoisotopic (exact) mass is 399 g/mol. The summed E-state index contributed by atoms with van der Waals surface area (Å²) in [7, 11) is 0. The SMILES string of the molecule is O=C(Oc1ccc(C=NNc2nc(-c3ccccc3)cs2)cc1)c1ccccc1. The molecule has 4 rings (SSSR count). The third-order valence-electron chi connectivity index (χ3n) is 4.05. The largest absolute Gasteiger partial charge is 0.423 e. The van der Waals surface area contributed by atoms with Gasteiger partial charge in [-0.05, 0) is 42.0 Å². The number of nitrogens with one attached hydrogen (secondary N) is 1. The van der Waals surface area contributed by atoms with Crippen molar-refractivity contribution in [2.75, 3.05) is 5.43 Å². The number of ether oxygens (including phenoxy) is 1. The number of esters is 1. The molecule has 3 aromatic carbocycles. The first-order valence-electron chi connectivity index (χ1n) is 8.95. The van der Waals surface area contributed by atoms with Crippen molar-refractivity contribution in [1.82, 2.24) is 4.98 Å². The van der Waals surface area contributed by atoms with Crippen LogP contribution in [0, 0.1) is 0 Å². The van der Waals surface area contributed by atoms with Gasteiger partial charge in [0.1, 0.15) is 5.75 Å². The molecule has 1 N–H and O–H groups in total. The fourth-order valence-corrected chi connectivity index (χ4v) is 3.26. The molecule has 0 spiro atoms. The summed E-state index contributed by atoms with van der Waals surface area (Å²) in [6.45, 7) is 0. The third-order valence-corrected chi connectivity index (χ3v) is 4.79. The Labute approximate surface area is 172 Å². The first-order valence-corrected chi connectivity index (χ1v) is 9.83. The zero-order valence-corrected chi connectivity index (χ0v) is 16.2. The van der Waals surface area contributed by atoms with Gasteiger partial charge in [0.2, 0.25) is 5.13 Å². The smallest absolute Gasteiger partial charge is 0.343 e. The molecule has 0 aliphatic rings. The summed E-state index contributed by atoms with van der Waals surface area (Å²) in [6, 6.07) is 26.0. The fraction of sp³-hybridized carbons (Fsp3) is 0. The summed E-state index contributed by atoms with van der Waals surface area (Å²) in [5.41, 5.74) is 6.32. The highest BCUT2D eigenvalue weighted by Gasteiger charge is 2.07. The lowest BCUT2D eigenvalue weighted by atomic mass is 10.2. The van der Waals surface area contributed by atoms with Gasteiger partial charge in [-0.15, -0.1) is 11.3 Å². The number of hydrogen-bond acceptors (Lipinski definition) is 6. The van der Waals surface area contributed by atoms with E-state index in [4.69, 9.17) is 4.74 Å². The molecule has 0 aliphatic heterocycles. The fourth-order valence-electron chi connectivity index (χ4n) is 2.59. The van der Waals surface area contributed by atoms with Crippen LogP contribution in [0.1, 0.15) is 15.9 Å². The van der Waals surface area contributed by atoms with Crippen LogP contribution >= 0.6 is 11.3 Å². The Hall–Kier alpha value is -3.77. The second-order valence-electron chi connectivity index (χ2n) is 6.10. The molecule has 0 fully saturated rings. The molecule has 0 amide bonds. The van der Waals surface area contributed by atoms with E-state index in [9.17, 15) is 4.79 Å². The van der Waals surface area contributed by atoms with Crippen molar-refractivity contribution in [2.24, 2.45) is 5.10 Å². The van der Waals surface area contributed by atoms with Crippen LogP contribution in [-0.4, -0.2) is 17.2 Å². The van der Waals surface area contributed by atoms with Gasteiger partial charge in [0.15, 0.2) is 0 Å². The summed E-state index contributed by atoms with van der Waals surface area (Å²) < 4.78 is 5.37. The number of hydrogen-bond donors (Lipinski definition) is 1. The molecule has 0 radical (unpaired) electrons. The molecular weight excluding hydrogens is 382 g/mol. The molecule has 0 bridgehead atoms. The van der Waals surface area contributed by atoms with Gasteiger partial charge in [0.25, 0.3) is 0 Å². The van der Waals surface area contributed by atoms with Gasteiger partial charge in [-0.2, -0.15) is 5.10 Å². The summed E-state index contributed by atoms with van der Waals surface area (Å²) >= 11 is 1.49. The van der Waals surface area contributed by atoms with Gasteiger partial charge in [0.05, 0.1) is 17.5 Å². The molecule has 1 aromatic heterocycles. The summed E-state index contributed by atoms with van der Waals surface area (Å²) in [4.78, 5) is 16.6. The van der Waals surface area contributed by atoms with Gasteiger partial charge in [-0.1, -0.05) is 48.5 Å². The number of hydrazone groups is 1. The lowest BCUT2D eigenvalue weighted by molar-refractivity contribution is 0.0735. The molecule has 142 valence electrons. The number of anilines is 1. The molecular formula is C23H17N3O2S. The normalized spacial score (nSPS) is 10.8. The van der Waals surface area contributed by atoms with Gasteiger partial charge in [-0.25, -0.2) is 9.78 Å². The van der Waals surface area contributed by atoms with Gasteiger partial charge in [0, 0.05) is 10.9 Å². The highest BCUT2D eigenvalue weighted by Crippen LogP contribution is 2.24. The Morgan fingerprint density at radius 2 is 1.62 bits per heavy atom. The van der Waals surface area contributed by atoms with Crippen LogP contribution in [0.4, 0.5) is 5.13 Å². The van der Waals surface area contributed by atoms with Gasteiger partial charge >= 0.3 is 5.97 Å². The van der Waals surface area contributed by atoms with E-state index in [1.54, 1.807) is 42.6 Å². The minimum atomic E-state index is -0.383. The highest BCUT2D eigenvalue weighted by molar-refractivity contribution is 7.14. The first-order chi connectivity index (χ1) is 14.3. The first kappa shape index (κ1) is 18.6. The number of carbonyl (C=O) groups excluding carboxylic acids is 1. The highest BCUT2D eigenvalue weighted by atomic mass is 32.1. The molecule has 4 aromatic rings. The second kappa shape index (κ2) is 8.95. The number of nitrogens with zero attached hydrogens (tertiary/aromatic N) is 2. The van der Waals surface area contributed by atoms with Gasteiger partial charge in [-0.3, -0.25) is 5.43 Å². The van der Waals surface area contributed by atoms with Crippen LogP contribution in [0.15, 0.2) is 95.4 Å². The van der Waals surface area contributed by atoms with Crippen LogP contribution in [0.25, 0.3) is 11.3 Å². The molecule has 0 saturated carbocycles. The van der Waals surface area contributed by atoms with Crippen LogP contribution in [0.2, 0.25) is 0 Å². The van der Waals surface area contributed by atoms with E-state index in [1.165, 1.54) is 11.3 Å². The Kier molecular flexibility index (Phi) is 5.73. The average Bonchev–Trinajstić information content (AvgIpc) is 3.25. The minimum Gasteiger partial charge on any atom is -0.423 e. The van der Waals surface area contributed by atoms with E-state index in [-0.39, 0.29) is 5.97 Å². The summed E-state index contributed by atoms with van der Waals surface area (Å²) in [5, 5.41) is 6.93. The number of thiazole rings is 1. The zero-order chi connectivity index (χ0) is 19.9. The van der Waals surface area contributed by atoms with E-state index >= 15 is 0 Å². The van der Waals surface area contributed by atoms with Crippen LogP contribution in [-0.2, 0) is 0 Å². The minimum absolute atomic E-state index is 0.383. The predicted octanol–water partition coefficient (Wildman–Crippen LogP) is 5.48. The molecule has 29 heavy (non-hydrogen) atoms. The lowest BCUT2D eigenvalue weighted by Crippen LogP contribution is -2.08. The van der Waals surface area contributed by atoms with Crippen molar-refractivity contribution in [1.29, 1.82) is 0 Å². The van der Waals surface area contributed by atoms with E-state index in [1.807, 2.05) is 53.9 Å². The third kappa shape index (κ3) is 4.94. The van der Waals surface area contributed by atoms with E-state index in [0.29, 0.717) is 16.4 Å². The molecule has 0 saturated heterocycles. The van der Waals surface area contributed by atoms with E-state index < -0.39 is 0 Å². The van der Waals surface area contributed by atoms with Crippen LogP contribution < -0.4 is 10.2 Å². The maximum Gasteiger partial charge on any atom is 0.343 e. The molecule has 5 nitrogen and oxygen atoms in total. The van der Waals surface area contributed by atoms with Crippen molar-refractivity contribution < 1.29 is 9.53 Å². The molecule has 0 unspecified atom stereocenters. The van der Waals surface area contributed by atoms with Crippen molar-refractivity contribution in [3.05, 3.63) is 101 Å². The van der Waals surface area contributed by atoms with E-state index in [2.05, 4.69) is 15.5 Å². The Morgan fingerprint density at radius 1 is 0.931 bits per heavy atom. The van der Waals surface area contributed by atoms with Crippen molar-refractivity contribution in [3.8, 4) is 17.0 Å². The Morgan fingerprint density at radius 3 is 2.34 bits per heavy atom. The lowest BCUT2D eigenvalue weighted by Gasteiger charge is -2.04. The van der Waals surface area contributed by atoms with E-state index in [0.717, 1.165) is 16.8 Å².